The van der Waals surface area contributed by atoms with Crippen molar-refractivity contribution in [1.29, 1.82) is 0 Å². The molecule has 0 N–H and O–H groups in total. The van der Waals surface area contributed by atoms with Gasteiger partial charge in [-0.05, 0) is 134 Å². The van der Waals surface area contributed by atoms with Crippen molar-refractivity contribution < 1.29 is 17.5 Å². The Bertz CT molecular complexity index is 3460. The zero-order chi connectivity index (χ0) is 51.4. The number of aryl methyl sites for hydroxylation is 2. The number of imidazole rings is 1. The molecule has 0 spiro atoms. The average Bonchev–Trinajstić information content (AvgIpc) is 3.82. The minimum Gasteiger partial charge on any atom is -0.458 e. The number of ether oxygens (including phenoxy) is 1. The SMILES string of the molecule is [2H]C([2H])([2H])c1cccc(C([2H])([2H])[2H])c1-c1ccc2c(c1)n(-c1cccc(Oc3ccc4c5ccccc5n(-c5cc(C(C)(C)C)ccn5)c4c3)c1)[c-][n+]2-c1c(C(C)(C)C)cc(C(C)(C)C)cc1C(C)(C)C. The number of pyridine rings is 1. The lowest BCUT2D eigenvalue weighted by Crippen LogP contribution is -2.38. The molecule has 5 nitrogen and oxygen atoms in total. The smallest absolute Gasteiger partial charge is 0.269 e. The first-order chi connectivity index (χ1) is 33.0. The first kappa shape index (κ1) is 36.8. The van der Waals surface area contributed by atoms with E-state index < -0.39 is 13.7 Å². The van der Waals surface area contributed by atoms with Crippen molar-refractivity contribution in [1.82, 2.24) is 14.1 Å². The van der Waals surface area contributed by atoms with Gasteiger partial charge in [0.25, 0.3) is 6.33 Å². The Labute approximate surface area is 394 Å². The molecule has 0 saturated carbocycles. The lowest BCUT2D eigenvalue weighted by Gasteiger charge is -2.34. The lowest BCUT2D eigenvalue weighted by molar-refractivity contribution is -0.574. The van der Waals surface area contributed by atoms with Gasteiger partial charge in [-0.15, -0.1) is 0 Å². The summed E-state index contributed by atoms with van der Waals surface area (Å²) < 4.78 is 64.3. The van der Waals surface area contributed by atoms with Gasteiger partial charge in [-0.25, -0.2) is 4.98 Å². The van der Waals surface area contributed by atoms with Crippen LogP contribution in [0.1, 0.15) is 125 Å². The molecule has 9 rings (SSSR count). The van der Waals surface area contributed by atoms with Crippen LogP contribution in [0.5, 0.6) is 11.5 Å². The number of nitrogens with zero attached hydrogens (tertiary/aromatic N) is 4. The third kappa shape index (κ3) is 8.04. The van der Waals surface area contributed by atoms with Gasteiger partial charge in [0.2, 0.25) is 0 Å². The van der Waals surface area contributed by atoms with Crippen LogP contribution < -0.4 is 9.30 Å². The summed E-state index contributed by atoms with van der Waals surface area (Å²) in [5.74, 6) is 2.06. The fourth-order valence-electron chi connectivity index (χ4n) is 9.03. The number of hydrogen-bond donors (Lipinski definition) is 0. The molecule has 5 heteroatoms. The van der Waals surface area contributed by atoms with E-state index in [-0.39, 0.29) is 38.4 Å². The molecular weight excluding hydrogens is 793 g/mol. The monoisotopic (exact) mass is 863 g/mol. The molecule has 3 heterocycles. The van der Waals surface area contributed by atoms with E-state index in [2.05, 4.69) is 159 Å². The lowest BCUT2D eigenvalue weighted by atomic mass is 9.74. The van der Waals surface area contributed by atoms with E-state index in [1.54, 1.807) is 0 Å². The van der Waals surface area contributed by atoms with Gasteiger partial charge in [0.1, 0.15) is 17.3 Å². The van der Waals surface area contributed by atoms with Gasteiger partial charge in [-0.2, -0.15) is 0 Å². The summed E-state index contributed by atoms with van der Waals surface area (Å²) in [6.45, 7) is 21.6. The summed E-state index contributed by atoms with van der Waals surface area (Å²) in [6.07, 6.45) is 5.67. The van der Waals surface area contributed by atoms with Crippen LogP contribution in [0.25, 0.3) is 61.2 Å². The first-order valence-corrected chi connectivity index (χ1v) is 22.6. The number of benzene rings is 6. The van der Waals surface area contributed by atoms with Crippen molar-refractivity contribution in [3.8, 4) is 39.8 Å². The zero-order valence-electron chi connectivity index (χ0n) is 45.9. The maximum atomic E-state index is 8.54. The van der Waals surface area contributed by atoms with Gasteiger partial charge in [-0.3, -0.25) is 13.7 Å². The Hall–Kier alpha value is -6.46. The third-order valence-electron chi connectivity index (χ3n) is 12.6. The van der Waals surface area contributed by atoms with Crippen LogP contribution >= 0.6 is 0 Å². The molecule has 3 aromatic heterocycles. The third-order valence-corrected chi connectivity index (χ3v) is 12.6. The molecule has 0 aliphatic rings. The second kappa shape index (κ2) is 15.6. The van der Waals surface area contributed by atoms with Gasteiger partial charge >= 0.3 is 0 Å². The Kier molecular flexibility index (Phi) is 8.85. The minimum atomic E-state index is -2.58. The largest absolute Gasteiger partial charge is 0.458 e. The highest BCUT2D eigenvalue weighted by atomic mass is 16.5. The van der Waals surface area contributed by atoms with Crippen LogP contribution in [0.3, 0.4) is 0 Å². The van der Waals surface area contributed by atoms with E-state index in [0.29, 0.717) is 22.6 Å². The van der Waals surface area contributed by atoms with Crippen LogP contribution in [-0.4, -0.2) is 14.1 Å². The van der Waals surface area contributed by atoms with Gasteiger partial charge in [-0.1, -0.05) is 150 Å². The summed E-state index contributed by atoms with van der Waals surface area (Å²) in [5.41, 5.74) is 9.86. The summed E-state index contributed by atoms with van der Waals surface area (Å²) in [7, 11) is 0. The summed E-state index contributed by atoms with van der Waals surface area (Å²) in [4.78, 5) is 4.87. The van der Waals surface area contributed by atoms with Crippen molar-refractivity contribution in [3.05, 3.63) is 173 Å². The predicted molar refractivity (Wildman–Crippen MR) is 272 cm³/mol. The second-order valence-corrected chi connectivity index (χ2v) is 21.7. The maximum absolute atomic E-state index is 8.54. The van der Waals surface area contributed by atoms with Gasteiger partial charge in [0.15, 0.2) is 0 Å². The van der Waals surface area contributed by atoms with Crippen LogP contribution in [0.15, 0.2) is 134 Å². The normalized spacial score (nSPS) is 14.5. The van der Waals surface area contributed by atoms with Crippen LogP contribution in [0, 0.1) is 20.0 Å². The molecular formula is C60H64N4O. The van der Waals surface area contributed by atoms with E-state index in [0.717, 1.165) is 55.6 Å². The summed E-state index contributed by atoms with van der Waals surface area (Å²) in [6, 6.07) is 41.6. The number of rotatable bonds is 6. The van der Waals surface area contributed by atoms with Crippen molar-refractivity contribution in [2.24, 2.45) is 0 Å². The topological polar surface area (TPSA) is 35.9 Å². The van der Waals surface area contributed by atoms with Gasteiger partial charge < -0.3 is 4.74 Å². The molecule has 0 aliphatic heterocycles. The predicted octanol–water partition coefficient (Wildman–Crippen LogP) is 15.5. The molecule has 330 valence electrons. The average molecular weight is 863 g/mol. The Morgan fingerprint density at radius 3 is 1.86 bits per heavy atom. The highest BCUT2D eigenvalue weighted by Crippen LogP contribution is 2.41. The fourth-order valence-corrected chi connectivity index (χ4v) is 9.03. The molecule has 0 atom stereocenters. The standard InChI is InChI=1S/C60H64N4O/c1-38-19-17-20-39(2)55(38)40-25-28-51-53(31-40)62(37-63(51)56-48(59(9,10)11)32-42(58(6,7)8)33-49(56)60(12,13)14)43-21-18-22-44(35-43)65-45-26-27-47-46-23-15-16-24-50(46)64(52(47)36-45)54-34-41(29-30-61-54)57(3,4)5/h15-36H,1-14H3/i1D3,2D3. The first-order valence-electron chi connectivity index (χ1n) is 25.6. The van der Waals surface area contributed by atoms with Crippen molar-refractivity contribution in [2.45, 2.75) is 118 Å². The van der Waals surface area contributed by atoms with Crippen molar-refractivity contribution in [3.63, 3.8) is 0 Å². The number of aromatic nitrogens is 4. The van der Waals surface area contributed by atoms with Crippen LogP contribution in [0.4, 0.5) is 0 Å². The number of fused-ring (bicyclic) bond motifs is 4. The fraction of sp³-hybridized carbons (Fsp3) is 0.300. The molecule has 6 aromatic carbocycles. The Balaban J connectivity index is 1.27. The van der Waals surface area contributed by atoms with Gasteiger partial charge in [0, 0.05) is 31.3 Å². The maximum Gasteiger partial charge on any atom is 0.269 e. The van der Waals surface area contributed by atoms with Gasteiger partial charge in [0.05, 0.1) is 33.4 Å². The van der Waals surface area contributed by atoms with Crippen molar-refractivity contribution in [2.75, 3.05) is 0 Å². The molecule has 0 radical (unpaired) electrons. The minimum absolute atomic E-state index is 0.0210. The van der Waals surface area contributed by atoms with Crippen LogP contribution in [0.2, 0.25) is 0 Å². The highest BCUT2D eigenvalue weighted by Gasteiger charge is 2.31. The molecule has 0 amide bonds. The molecule has 65 heavy (non-hydrogen) atoms. The van der Waals surface area contributed by atoms with Crippen LogP contribution in [-0.2, 0) is 21.7 Å². The van der Waals surface area contributed by atoms with E-state index in [1.165, 1.54) is 29.3 Å². The summed E-state index contributed by atoms with van der Waals surface area (Å²) in [5, 5.41) is 2.20. The van der Waals surface area contributed by atoms with E-state index in [9.17, 15) is 0 Å². The van der Waals surface area contributed by atoms with Crippen molar-refractivity contribution >= 4 is 32.8 Å². The molecule has 0 saturated heterocycles. The molecule has 0 aliphatic carbocycles. The molecule has 0 bridgehead atoms. The molecule has 0 fully saturated rings. The quantitative estimate of drug-likeness (QED) is 0.123. The highest BCUT2D eigenvalue weighted by molar-refractivity contribution is 6.09. The van der Waals surface area contributed by atoms with E-state index >= 15 is 0 Å². The molecule has 9 aromatic rings. The number of para-hydroxylation sites is 1. The Morgan fingerprint density at radius 2 is 1.20 bits per heavy atom. The molecule has 0 unspecified atom stereocenters. The Morgan fingerprint density at radius 1 is 0.554 bits per heavy atom. The second-order valence-electron chi connectivity index (χ2n) is 21.7. The van der Waals surface area contributed by atoms with E-state index in [1.807, 2.05) is 59.3 Å². The zero-order valence-corrected chi connectivity index (χ0v) is 39.9. The van der Waals surface area contributed by atoms with E-state index in [4.69, 9.17) is 17.9 Å². The number of hydrogen-bond acceptors (Lipinski definition) is 2. The summed E-state index contributed by atoms with van der Waals surface area (Å²) >= 11 is 0.